The van der Waals surface area contributed by atoms with E-state index in [4.69, 9.17) is 4.74 Å². The van der Waals surface area contributed by atoms with Crippen LogP contribution in [0, 0.1) is 0 Å². The SMILES string of the molecule is O=C1Nc2ccccc2C12CCN(C1CCOCC1)CC2. The molecule has 0 aromatic heterocycles. The lowest BCUT2D eigenvalue weighted by Gasteiger charge is -2.42. The maximum absolute atomic E-state index is 12.5. The average Bonchev–Trinajstić information content (AvgIpc) is 2.82. The first-order chi connectivity index (χ1) is 10.3. The molecule has 2 saturated heterocycles. The van der Waals surface area contributed by atoms with Gasteiger partial charge in [0.1, 0.15) is 0 Å². The molecule has 4 nitrogen and oxygen atoms in total. The Kier molecular flexibility index (Phi) is 3.23. The van der Waals surface area contributed by atoms with Gasteiger partial charge in [-0.1, -0.05) is 18.2 Å². The quantitative estimate of drug-likeness (QED) is 0.860. The van der Waals surface area contributed by atoms with E-state index in [0.29, 0.717) is 6.04 Å². The summed E-state index contributed by atoms with van der Waals surface area (Å²) in [6.45, 7) is 3.81. The van der Waals surface area contributed by atoms with Crippen molar-refractivity contribution in [1.29, 1.82) is 0 Å². The summed E-state index contributed by atoms with van der Waals surface area (Å²) in [7, 11) is 0. The monoisotopic (exact) mass is 286 g/mol. The topological polar surface area (TPSA) is 41.6 Å². The minimum absolute atomic E-state index is 0.204. The number of hydrogen-bond donors (Lipinski definition) is 1. The largest absolute Gasteiger partial charge is 0.381 e. The summed E-state index contributed by atoms with van der Waals surface area (Å²) in [6.07, 6.45) is 4.14. The van der Waals surface area contributed by atoms with Gasteiger partial charge in [-0.2, -0.15) is 0 Å². The second-order valence-corrected chi connectivity index (χ2v) is 6.46. The lowest BCUT2D eigenvalue weighted by Crippen LogP contribution is -2.50. The van der Waals surface area contributed by atoms with Crippen LogP contribution in [0.3, 0.4) is 0 Å². The Morgan fingerprint density at radius 3 is 2.62 bits per heavy atom. The molecule has 0 aliphatic carbocycles. The number of hydrogen-bond acceptors (Lipinski definition) is 3. The molecular weight excluding hydrogens is 264 g/mol. The van der Waals surface area contributed by atoms with E-state index in [0.717, 1.165) is 57.7 Å². The number of ether oxygens (including phenoxy) is 1. The standard InChI is InChI=1S/C17H22N2O2/c20-16-17(14-3-1-2-4-15(14)18-16)7-9-19(10-8-17)13-5-11-21-12-6-13/h1-4,13H,5-12H2,(H,18,20). The summed E-state index contributed by atoms with van der Waals surface area (Å²) in [5.74, 6) is 0.204. The molecule has 0 saturated carbocycles. The molecule has 3 aliphatic rings. The van der Waals surface area contributed by atoms with Gasteiger partial charge in [0, 0.05) is 24.9 Å². The fourth-order valence-corrected chi connectivity index (χ4v) is 4.19. The van der Waals surface area contributed by atoms with Gasteiger partial charge < -0.3 is 15.0 Å². The van der Waals surface area contributed by atoms with Crippen LogP contribution >= 0.6 is 0 Å². The first-order valence-corrected chi connectivity index (χ1v) is 8.02. The van der Waals surface area contributed by atoms with Gasteiger partial charge in [-0.25, -0.2) is 0 Å². The van der Waals surface area contributed by atoms with E-state index in [1.165, 1.54) is 5.56 Å². The predicted molar refractivity (Wildman–Crippen MR) is 81.4 cm³/mol. The molecule has 2 fully saturated rings. The van der Waals surface area contributed by atoms with Gasteiger partial charge in [-0.05, 0) is 50.4 Å². The van der Waals surface area contributed by atoms with Crippen LogP contribution in [0.15, 0.2) is 24.3 Å². The molecule has 3 aliphatic heterocycles. The molecule has 1 spiro atoms. The summed E-state index contributed by atoms with van der Waals surface area (Å²) in [5.41, 5.74) is 1.95. The number of amides is 1. The molecular formula is C17H22N2O2. The molecule has 21 heavy (non-hydrogen) atoms. The number of nitrogens with zero attached hydrogens (tertiary/aromatic N) is 1. The molecule has 1 amide bonds. The van der Waals surface area contributed by atoms with E-state index < -0.39 is 0 Å². The van der Waals surface area contributed by atoms with Crippen LogP contribution in [-0.4, -0.2) is 43.2 Å². The highest BCUT2D eigenvalue weighted by Crippen LogP contribution is 2.45. The molecule has 112 valence electrons. The van der Waals surface area contributed by atoms with E-state index in [1.807, 2.05) is 18.2 Å². The highest BCUT2D eigenvalue weighted by atomic mass is 16.5. The van der Waals surface area contributed by atoms with Crippen LogP contribution in [0.2, 0.25) is 0 Å². The van der Waals surface area contributed by atoms with Crippen molar-refractivity contribution in [1.82, 2.24) is 4.90 Å². The zero-order valence-electron chi connectivity index (χ0n) is 12.3. The summed E-state index contributed by atoms with van der Waals surface area (Å²) in [6, 6.07) is 8.83. The second-order valence-electron chi connectivity index (χ2n) is 6.46. The Morgan fingerprint density at radius 2 is 1.86 bits per heavy atom. The van der Waals surface area contributed by atoms with E-state index in [2.05, 4.69) is 16.3 Å². The van der Waals surface area contributed by atoms with Crippen molar-refractivity contribution in [2.24, 2.45) is 0 Å². The van der Waals surface area contributed by atoms with Crippen molar-refractivity contribution in [3.8, 4) is 0 Å². The maximum atomic E-state index is 12.5. The summed E-state index contributed by atoms with van der Waals surface area (Å²) >= 11 is 0. The van der Waals surface area contributed by atoms with Crippen LogP contribution in [-0.2, 0) is 14.9 Å². The normalized spacial score (nSPS) is 25.8. The highest BCUT2D eigenvalue weighted by molar-refractivity contribution is 6.06. The molecule has 0 radical (unpaired) electrons. The number of carbonyl (C=O) groups is 1. The first-order valence-electron chi connectivity index (χ1n) is 8.02. The van der Waals surface area contributed by atoms with Gasteiger partial charge in [-0.3, -0.25) is 4.79 Å². The maximum Gasteiger partial charge on any atom is 0.235 e. The van der Waals surface area contributed by atoms with Crippen molar-refractivity contribution < 1.29 is 9.53 Å². The molecule has 4 heteroatoms. The summed E-state index contributed by atoms with van der Waals surface area (Å²) < 4.78 is 5.46. The molecule has 0 bridgehead atoms. The van der Waals surface area contributed by atoms with Crippen LogP contribution in [0.1, 0.15) is 31.2 Å². The average molecular weight is 286 g/mol. The van der Waals surface area contributed by atoms with Crippen LogP contribution in [0.5, 0.6) is 0 Å². The van der Waals surface area contributed by atoms with E-state index in [9.17, 15) is 4.79 Å². The van der Waals surface area contributed by atoms with Gasteiger partial charge in [0.2, 0.25) is 5.91 Å². The Morgan fingerprint density at radius 1 is 1.14 bits per heavy atom. The minimum atomic E-state index is -0.280. The van der Waals surface area contributed by atoms with Crippen LogP contribution in [0.25, 0.3) is 0 Å². The van der Waals surface area contributed by atoms with E-state index >= 15 is 0 Å². The number of para-hydroxylation sites is 1. The third-order valence-electron chi connectivity index (χ3n) is 5.48. The molecule has 0 unspecified atom stereocenters. The van der Waals surface area contributed by atoms with Crippen molar-refractivity contribution in [2.45, 2.75) is 37.1 Å². The highest BCUT2D eigenvalue weighted by Gasteiger charge is 2.48. The number of fused-ring (bicyclic) bond motifs is 2. The fraction of sp³-hybridized carbons (Fsp3) is 0.588. The lowest BCUT2D eigenvalue weighted by atomic mass is 9.73. The Bertz CT molecular complexity index is 543. The lowest BCUT2D eigenvalue weighted by molar-refractivity contribution is -0.123. The van der Waals surface area contributed by atoms with Gasteiger partial charge in [0.25, 0.3) is 0 Å². The predicted octanol–water partition coefficient (Wildman–Crippen LogP) is 2.15. The van der Waals surface area contributed by atoms with Crippen molar-refractivity contribution in [3.05, 3.63) is 29.8 Å². The zero-order valence-corrected chi connectivity index (χ0v) is 12.3. The smallest absolute Gasteiger partial charge is 0.235 e. The molecule has 1 N–H and O–H groups in total. The van der Waals surface area contributed by atoms with Crippen LogP contribution < -0.4 is 5.32 Å². The third kappa shape index (κ3) is 2.09. The summed E-state index contributed by atoms with van der Waals surface area (Å²) in [4.78, 5) is 15.1. The Hall–Kier alpha value is -1.39. The van der Waals surface area contributed by atoms with Gasteiger partial charge >= 0.3 is 0 Å². The van der Waals surface area contributed by atoms with Crippen molar-refractivity contribution in [3.63, 3.8) is 0 Å². The molecule has 1 aromatic carbocycles. The number of carbonyl (C=O) groups excluding carboxylic acids is 1. The second kappa shape index (κ2) is 5.11. The Labute approximate surface area is 125 Å². The number of rotatable bonds is 1. The van der Waals surface area contributed by atoms with Crippen molar-refractivity contribution >= 4 is 11.6 Å². The van der Waals surface area contributed by atoms with Gasteiger partial charge in [0.15, 0.2) is 0 Å². The molecule has 0 atom stereocenters. The van der Waals surface area contributed by atoms with Crippen LogP contribution in [0.4, 0.5) is 5.69 Å². The van der Waals surface area contributed by atoms with E-state index in [-0.39, 0.29) is 11.3 Å². The first kappa shape index (κ1) is 13.3. The van der Waals surface area contributed by atoms with Gasteiger partial charge in [0.05, 0.1) is 5.41 Å². The van der Waals surface area contributed by atoms with Gasteiger partial charge in [-0.15, -0.1) is 0 Å². The molecule has 3 heterocycles. The summed E-state index contributed by atoms with van der Waals surface area (Å²) in [5, 5.41) is 3.07. The molecule has 4 rings (SSSR count). The number of anilines is 1. The number of piperidine rings is 1. The Balaban J connectivity index is 1.53. The van der Waals surface area contributed by atoms with Crippen molar-refractivity contribution in [2.75, 3.05) is 31.6 Å². The number of nitrogens with one attached hydrogen (secondary N) is 1. The fourth-order valence-electron chi connectivity index (χ4n) is 4.19. The molecule has 1 aromatic rings. The number of likely N-dealkylation sites (tertiary alicyclic amines) is 1. The third-order valence-corrected chi connectivity index (χ3v) is 5.48. The zero-order chi connectivity index (χ0) is 14.3. The minimum Gasteiger partial charge on any atom is -0.381 e. The van der Waals surface area contributed by atoms with E-state index in [1.54, 1.807) is 0 Å². The number of benzene rings is 1.